The lowest BCUT2D eigenvalue weighted by molar-refractivity contribution is 0.496. The minimum atomic E-state index is -0.613. The van der Waals surface area contributed by atoms with Crippen LogP contribution in [-0.2, 0) is 6.42 Å². The average Bonchev–Trinajstić information content (AvgIpc) is 2.40. The van der Waals surface area contributed by atoms with Crippen molar-refractivity contribution in [3.05, 3.63) is 70.5 Å². The molecule has 0 aliphatic rings. The van der Waals surface area contributed by atoms with Gasteiger partial charge in [0.2, 0.25) is 0 Å². The largest absolute Gasteiger partial charge is 0.313 e. The fourth-order valence-corrected chi connectivity index (χ4v) is 2.21. The van der Waals surface area contributed by atoms with Crippen LogP contribution in [0.1, 0.15) is 22.7 Å². The van der Waals surface area contributed by atoms with Gasteiger partial charge >= 0.3 is 0 Å². The Morgan fingerprint density at radius 3 is 2.20 bits per heavy atom. The zero-order chi connectivity index (χ0) is 14.7. The zero-order valence-electron chi connectivity index (χ0n) is 11.4. The molecule has 0 aromatic heterocycles. The van der Waals surface area contributed by atoms with Crippen molar-refractivity contribution in [2.45, 2.75) is 19.4 Å². The Bertz CT molecular complexity index is 590. The minimum Gasteiger partial charge on any atom is -0.313 e. The van der Waals surface area contributed by atoms with E-state index in [1.807, 2.05) is 0 Å². The van der Waals surface area contributed by atoms with E-state index >= 15 is 0 Å². The lowest BCUT2D eigenvalue weighted by atomic mass is 9.97. The van der Waals surface area contributed by atoms with Gasteiger partial charge < -0.3 is 5.32 Å². The van der Waals surface area contributed by atoms with Crippen LogP contribution in [0.15, 0.2) is 36.4 Å². The van der Waals surface area contributed by atoms with E-state index in [0.29, 0.717) is 5.56 Å². The van der Waals surface area contributed by atoms with Gasteiger partial charge in [0.05, 0.1) is 0 Å². The lowest BCUT2D eigenvalue weighted by Gasteiger charge is -2.18. The summed E-state index contributed by atoms with van der Waals surface area (Å²) in [6.07, 6.45) is 0.0506. The van der Waals surface area contributed by atoms with Crippen LogP contribution < -0.4 is 5.32 Å². The van der Waals surface area contributed by atoms with Crippen molar-refractivity contribution in [3.8, 4) is 0 Å². The number of nitrogens with one attached hydrogen (secondary N) is 1. The molecule has 0 amide bonds. The first kappa shape index (κ1) is 14.6. The number of likely N-dealkylation sites (N-methyl/N-ethyl adjacent to an activating group) is 1. The maximum Gasteiger partial charge on any atom is 0.129 e. The summed E-state index contributed by atoms with van der Waals surface area (Å²) in [5, 5.41) is 2.91. The molecule has 0 aliphatic carbocycles. The minimum absolute atomic E-state index is 0.0353. The molecule has 2 rings (SSSR count). The lowest BCUT2D eigenvalue weighted by Crippen LogP contribution is -2.21. The molecule has 106 valence electrons. The molecule has 0 radical (unpaired) electrons. The van der Waals surface area contributed by atoms with Crippen LogP contribution >= 0.6 is 0 Å². The molecule has 0 bridgehead atoms. The smallest absolute Gasteiger partial charge is 0.129 e. The van der Waals surface area contributed by atoms with Crippen LogP contribution in [0.2, 0.25) is 0 Å². The topological polar surface area (TPSA) is 12.0 Å². The van der Waals surface area contributed by atoms with Crippen LogP contribution in [-0.4, -0.2) is 7.05 Å². The zero-order valence-corrected chi connectivity index (χ0v) is 11.4. The van der Waals surface area contributed by atoms with Gasteiger partial charge in [-0.3, -0.25) is 0 Å². The van der Waals surface area contributed by atoms with Crippen LogP contribution in [0.5, 0.6) is 0 Å². The van der Waals surface area contributed by atoms with E-state index in [-0.39, 0.29) is 17.8 Å². The van der Waals surface area contributed by atoms with E-state index in [4.69, 9.17) is 0 Å². The predicted octanol–water partition coefficient (Wildman–Crippen LogP) is 3.92. The molecule has 1 nitrogen and oxygen atoms in total. The summed E-state index contributed by atoms with van der Waals surface area (Å²) in [6, 6.07) is 8.08. The number of hydrogen-bond donors (Lipinski definition) is 1. The van der Waals surface area contributed by atoms with Crippen molar-refractivity contribution in [1.29, 1.82) is 0 Å². The first-order valence-electron chi connectivity index (χ1n) is 6.39. The summed E-state index contributed by atoms with van der Waals surface area (Å²) in [5.74, 6) is -1.60. The van der Waals surface area contributed by atoms with Gasteiger partial charge in [-0.1, -0.05) is 18.2 Å². The Labute approximate surface area is 116 Å². The van der Waals surface area contributed by atoms with E-state index in [1.54, 1.807) is 26.1 Å². The summed E-state index contributed by atoms with van der Waals surface area (Å²) in [7, 11) is 1.64. The van der Waals surface area contributed by atoms with E-state index in [9.17, 15) is 13.2 Å². The van der Waals surface area contributed by atoms with Crippen molar-refractivity contribution in [3.63, 3.8) is 0 Å². The van der Waals surface area contributed by atoms with Crippen molar-refractivity contribution >= 4 is 0 Å². The third-order valence-electron chi connectivity index (χ3n) is 3.35. The fraction of sp³-hybridized carbons (Fsp3) is 0.250. The van der Waals surface area contributed by atoms with Gasteiger partial charge in [0.1, 0.15) is 17.5 Å². The molecule has 0 spiro atoms. The van der Waals surface area contributed by atoms with Crippen LogP contribution in [0.4, 0.5) is 13.2 Å². The highest BCUT2D eigenvalue weighted by molar-refractivity contribution is 5.29. The van der Waals surface area contributed by atoms with Crippen LogP contribution in [0.3, 0.4) is 0 Å². The SMILES string of the molecule is CNC(Cc1c(F)cccc1F)c1ccc(C)cc1F. The van der Waals surface area contributed by atoms with Crippen molar-refractivity contribution < 1.29 is 13.2 Å². The van der Waals surface area contributed by atoms with E-state index < -0.39 is 17.7 Å². The van der Waals surface area contributed by atoms with Crippen molar-refractivity contribution in [2.75, 3.05) is 7.05 Å². The van der Waals surface area contributed by atoms with Gasteiger partial charge in [-0.25, -0.2) is 13.2 Å². The highest BCUT2D eigenvalue weighted by Gasteiger charge is 2.18. The molecule has 0 aliphatic heterocycles. The second-order valence-corrected chi connectivity index (χ2v) is 4.77. The third kappa shape index (κ3) is 3.02. The first-order chi connectivity index (χ1) is 9.52. The number of halogens is 3. The second-order valence-electron chi connectivity index (χ2n) is 4.77. The van der Waals surface area contributed by atoms with E-state index in [2.05, 4.69) is 5.32 Å². The molecule has 1 atom stereocenters. The molecule has 0 saturated carbocycles. The Morgan fingerprint density at radius 2 is 1.65 bits per heavy atom. The summed E-state index contributed by atoms with van der Waals surface area (Å²) >= 11 is 0. The molecule has 2 aromatic rings. The Morgan fingerprint density at radius 1 is 1.00 bits per heavy atom. The van der Waals surface area contributed by atoms with E-state index in [0.717, 1.165) is 5.56 Å². The molecule has 0 saturated heterocycles. The fourth-order valence-electron chi connectivity index (χ4n) is 2.21. The predicted molar refractivity (Wildman–Crippen MR) is 73.0 cm³/mol. The Kier molecular flexibility index (Phi) is 4.45. The molecule has 0 fully saturated rings. The summed E-state index contributed by atoms with van der Waals surface area (Å²) in [5.41, 5.74) is 1.17. The highest BCUT2D eigenvalue weighted by Crippen LogP contribution is 2.24. The Hall–Kier alpha value is -1.81. The monoisotopic (exact) mass is 279 g/mol. The molecular weight excluding hydrogens is 263 g/mol. The van der Waals surface area contributed by atoms with Gasteiger partial charge in [0.25, 0.3) is 0 Å². The molecule has 4 heteroatoms. The maximum absolute atomic E-state index is 14.0. The molecular formula is C16H16F3N. The molecule has 2 aromatic carbocycles. The summed E-state index contributed by atoms with van der Waals surface area (Å²) in [4.78, 5) is 0. The van der Waals surface area contributed by atoms with Gasteiger partial charge in [0.15, 0.2) is 0 Å². The first-order valence-corrected chi connectivity index (χ1v) is 6.39. The molecule has 1 unspecified atom stereocenters. The van der Waals surface area contributed by atoms with Gasteiger partial charge in [-0.05, 0) is 44.2 Å². The molecule has 0 heterocycles. The second kappa shape index (κ2) is 6.09. The normalized spacial score (nSPS) is 12.4. The maximum atomic E-state index is 14.0. The highest BCUT2D eigenvalue weighted by atomic mass is 19.1. The van der Waals surface area contributed by atoms with Crippen LogP contribution in [0, 0.1) is 24.4 Å². The number of hydrogen-bond acceptors (Lipinski definition) is 1. The van der Waals surface area contributed by atoms with E-state index in [1.165, 1.54) is 24.3 Å². The number of aryl methyl sites for hydroxylation is 1. The number of benzene rings is 2. The Balaban J connectivity index is 2.34. The van der Waals surface area contributed by atoms with Gasteiger partial charge in [-0.15, -0.1) is 0 Å². The molecule has 1 N–H and O–H groups in total. The molecule has 20 heavy (non-hydrogen) atoms. The van der Waals surface area contributed by atoms with Crippen molar-refractivity contribution in [1.82, 2.24) is 5.32 Å². The van der Waals surface area contributed by atoms with Crippen LogP contribution in [0.25, 0.3) is 0 Å². The van der Waals surface area contributed by atoms with Gasteiger partial charge in [-0.2, -0.15) is 0 Å². The summed E-state index contributed by atoms with van der Waals surface area (Å²) < 4.78 is 41.3. The quantitative estimate of drug-likeness (QED) is 0.894. The standard InChI is InChI=1S/C16H16F3N/c1-10-6-7-11(15(19)8-10)16(20-2)9-12-13(17)4-3-5-14(12)18/h3-8,16,20H,9H2,1-2H3. The summed E-state index contributed by atoms with van der Waals surface area (Å²) in [6.45, 7) is 1.79. The van der Waals surface area contributed by atoms with Gasteiger partial charge in [0, 0.05) is 17.2 Å². The number of rotatable bonds is 4. The van der Waals surface area contributed by atoms with Crippen molar-refractivity contribution in [2.24, 2.45) is 0 Å². The average molecular weight is 279 g/mol. The third-order valence-corrected chi connectivity index (χ3v) is 3.35.